The maximum atomic E-state index is 4.82. The Morgan fingerprint density at radius 2 is 1.67 bits per heavy atom. The van der Waals surface area contributed by atoms with Gasteiger partial charge in [0, 0.05) is 40.3 Å². The van der Waals surface area contributed by atoms with Crippen molar-refractivity contribution < 1.29 is 0 Å². The Morgan fingerprint density at radius 1 is 0.889 bits per heavy atom. The summed E-state index contributed by atoms with van der Waals surface area (Å²) in [7, 11) is 0. The van der Waals surface area contributed by atoms with E-state index in [1.807, 2.05) is 18.6 Å². The van der Waals surface area contributed by atoms with Gasteiger partial charge in [-0.1, -0.05) is 58.9 Å². The van der Waals surface area contributed by atoms with Crippen LogP contribution in [0.5, 0.6) is 0 Å². The van der Waals surface area contributed by atoms with Gasteiger partial charge in [-0.25, -0.2) is 0 Å². The molecule has 0 saturated carbocycles. The summed E-state index contributed by atoms with van der Waals surface area (Å²) in [5.41, 5.74) is 6.41. The highest BCUT2D eigenvalue weighted by Crippen LogP contribution is 2.50. The molecule has 5 rings (SSSR count). The highest BCUT2D eigenvalue weighted by Gasteiger charge is 2.36. The second kappa shape index (κ2) is 5.16. The third-order valence-electron chi connectivity index (χ3n) is 6.11. The van der Waals surface area contributed by atoms with Crippen molar-refractivity contribution in [2.24, 2.45) is 0 Å². The number of fused-ring (bicyclic) bond motifs is 4. The SMILES string of the molecule is CC(C)(C)c1cc2c3c(nccc3c1)-c1ccc3ccncc3c1C2(C)C. The van der Waals surface area contributed by atoms with E-state index in [1.165, 1.54) is 43.8 Å². The summed E-state index contributed by atoms with van der Waals surface area (Å²) in [5.74, 6) is 0. The summed E-state index contributed by atoms with van der Waals surface area (Å²) in [6.45, 7) is 11.5. The average molecular weight is 352 g/mol. The van der Waals surface area contributed by atoms with Crippen LogP contribution in [0.3, 0.4) is 0 Å². The van der Waals surface area contributed by atoms with E-state index in [-0.39, 0.29) is 10.8 Å². The highest BCUT2D eigenvalue weighted by molar-refractivity contribution is 6.05. The van der Waals surface area contributed by atoms with Crippen LogP contribution in [0.25, 0.3) is 32.8 Å². The van der Waals surface area contributed by atoms with Crippen molar-refractivity contribution in [1.82, 2.24) is 9.97 Å². The standard InChI is InChI=1S/C25H24N2/c1-24(2,3)17-12-16-9-11-27-23-18-7-6-15-8-10-26-14-19(15)22(18)25(4,5)20(13-17)21(16)23/h6-14H,1-5H3. The fourth-order valence-corrected chi connectivity index (χ4v) is 4.61. The van der Waals surface area contributed by atoms with Crippen molar-refractivity contribution in [3.63, 3.8) is 0 Å². The van der Waals surface area contributed by atoms with Gasteiger partial charge in [0.25, 0.3) is 0 Å². The predicted molar refractivity (Wildman–Crippen MR) is 113 cm³/mol. The molecule has 0 fully saturated rings. The van der Waals surface area contributed by atoms with E-state index in [0.29, 0.717) is 0 Å². The minimum Gasteiger partial charge on any atom is -0.264 e. The summed E-state index contributed by atoms with van der Waals surface area (Å²) < 4.78 is 0. The maximum absolute atomic E-state index is 4.82. The molecular formula is C25H24N2. The zero-order chi connectivity index (χ0) is 19.0. The van der Waals surface area contributed by atoms with Gasteiger partial charge in [-0.2, -0.15) is 0 Å². The molecule has 0 atom stereocenters. The highest BCUT2D eigenvalue weighted by atomic mass is 14.7. The number of benzene rings is 2. The normalized spacial score (nSPS) is 15.1. The molecule has 1 aliphatic carbocycles. The van der Waals surface area contributed by atoms with Crippen LogP contribution in [0.4, 0.5) is 0 Å². The molecule has 2 heterocycles. The van der Waals surface area contributed by atoms with Crippen LogP contribution in [-0.2, 0) is 10.8 Å². The smallest absolute Gasteiger partial charge is 0.0786 e. The molecule has 1 aliphatic rings. The Morgan fingerprint density at radius 3 is 2.44 bits per heavy atom. The van der Waals surface area contributed by atoms with Crippen molar-refractivity contribution >= 4 is 21.5 Å². The number of rotatable bonds is 0. The largest absolute Gasteiger partial charge is 0.264 e. The number of pyridine rings is 2. The molecule has 2 heteroatoms. The maximum Gasteiger partial charge on any atom is 0.0786 e. The Hall–Kier alpha value is -2.74. The lowest BCUT2D eigenvalue weighted by molar-refractivity contribution is 0.584. The summed E-state index contributed by atoms with van der Waals surface area (Å²) in [5, 5.41) is 5.05. The molecule has 2 nitrogen and oxygen atoms in total. The predicted octanol–water partition coefficient (Wildman–Crippen LogP) is 6.39. The molecule has 0 saturated heterocycles. The van der Waals surface area contributed by atoms with Gasteiger partial charge in [0.05, 0.1) is 5.69 Å². The van der Waals surface area contributed by atoms with E-state index in [9.17, 15) is 0 Å². The molecule has 4 aromatic rings. The Bertz CT molecular complexity index is 1230. The quantitative estimate of drug-likeness (QED) is 0.366. The van der Waals surface area contributed by atoms with Gasteiger partial charge in [-0.15, -0.1) is 0 Å². The van der Waals surface area contributed by atoms with E-state index in [0.717, 1.165) is 5.69 Å². The van der Waals surface area contributed by atoms with Crippen molar-refractivity contribution in [1.29, 1.82) is 0 Å². The molecule has 0 N–H and O–H groups in total. The van der Waals surface area contributed by atoms with Crippen LogP contribution in [0.15, 0.2) is 55.0 Å². The van der Waals surface area contributed by atoms with Crippen LogP contribution < -0.4 is 0 Å². The zero-order valence-corrected chi connectivity index (χ0v) is 16.6. The monoisotopic (exact) mass is 352 g/mol. The fourth-order valence-electron chi connectivity index (χ4n) is 4.61. The van der Waals surface area contributed by atoms with Crippen molar-refractivity contribution in [3.8, 4) is 11.3 Å². The van der Waals surface area contributed by atoms with Crippen LogP contribution in [0.1, 0.15) is 51.3 Å². The lowest BCUT2D eigenvalue weighted by atomic mass is 9.67. The molecule has 0 unspecified atom stereocenters. The van der Waals surface area contributed by atoms with Crippen LogP contribution in [-0.4, -0.2) is 9.97 Å². The van der Waals surface area contributed by atoms with Gasteiger partial charge in [0.2, 0.25) is 0 Å². The molecule has 2 aromatic carbocycles. The molecule has 0 aliphatic heterocycles. The second-order valence-electron chi connectivity index (χ2n) is 9.24. The fraction of sp³-hybridized carbons (Fsp3) is 0.280. The van der Waals surface area contributed by atoms with Crippen LogP contribution >= 0.6 is 0 Å². The first-order chi connectivity index (χ1) is 12.8. The summed E-state index contributed by atoms with van der Waals surface area (Å²) in [6.07, 6.45) is 5.83. The first kappa shape index (κ1) is 16.4. The van der Waals surface area contributed by atoms with E-state index < -0.39 is 0 Å². The molecule has 0 amide bonds. The molecule has 2 aromatic heterocycles. The molecule has 0 radical (unpaired) electrons. The van der Waals surface area contributed by atoms with E-state index in [1.54, 1.807) is 0 Å². The third kappa shape index (κ3) is 2.19. The van der Waals surface area contributed by atoms with Gasteiger partial charge in [-0.05, 0) is 45.0 Å². The molecule has 134 valence electrons. The van der Waals surface area contributed by atoms with E-state index >= 15 is 0 Å². The Balaban J connectivity index is 1.99. The topological polar surface area (TPSA) is 25.8 Å². The number of hydrogen-bond donors (Lipinski definition) is 0. The average Bonchev–Trinajstić information content (AvgIpc) is 2.64. The number of aromatic nitrogens is 2. The van der Waals surface area contributed by atoms with Gasteiger partial charge in [-0.3, -0.25) is 9.97 Å². The minimum absolute atomic E-state index is 0.102. The Kier molecular flexibility index (Phi) is 3.14. The first-order valence-corrected chi connectivity index (χ1v) is 9.60. The van der Waals surface area contributed by atoms with Crippen LogP contribution in [0.2, 0.25) is 0 Å². The number of hydrogen-bond acceptors (Lipinski definition) is 2. The van der Waals surface area contributed by atoms with Gasteiger partial charge < -0.3 is 0 Å². The third-order valence-corrected chi connectivity index (χ3v) is 6.11. The zero-order valence-electron chi connectivity index (χ0n) is 16.6. The second-order valence-corrected chi connectivity index (χ2v) is 9.24. The minimum atomic E-state index is -0.118. The summed E-state index contributed by atoms with van der Waals surface area (Å²) >= 11 is 0. The van der Waals surface area contributed by atoms with Gasteiger partial charge in [0.15, 0.2) is 0 Å². The van der Waals surface area contributed by atoms with Gasteiger partial charge >= 0.3 is 0 Å². The lowest BCUT2D eigenvalue weighted by Gasteiger charge is -2.36. The van der Waals surface area contributed by atoms with Crippen LogP contribution in [0, 0.1) is 0 Å². The Labute approximate surface area is 160 Å². The van der Waals surface area contributed by atoms with Crippen molar-refractivity contribution in [2.45, 2.75) is 45.4 Å². The molecule has 0 spiro atoms. The molecule has 0 bridgehead atoms. The number of nitrogens with zero attached hydrogens (tertiary/aromatic N) is 2. The molecular weight excluding hydrogens is 328 g/mol. The first-order valence-electron chi connectivity index (χ1n) is 9.60. The summed E-state index contributed by atoms with van der Waals surface area (Å²) in [4.78, 5) is 9.25. The van der Waals surface area contributed by atoms with Crippen molar-refractivity contribution in [2.75, 3.05) is 0 Å². The van der Waals surface area contributed by atoms with E-state index in [4.69, 9.17) is 4.98 Å². The summed E-state index contributed by atoms with van der Waals surface area (Å²) in [6, 6.07) is 13.4. The van der Waals surface area contributed by atoms with E-state index in [2.05, 4.69) is 76.0 Å². The molecule has 27 heavy (non-hydrogen) atoms. The van der Waals surface area contributed by atoms with Gasteiger partial charge in [0.1, 0.15) is 0 Å². The lowest BCUT2D eigenvalue weighted by Crippen LogP contribution is -2.26. The van der Waals surface area contributed by atoms with Crippen molar-refractivity contribution in [3.05, 3.63) is 71.7 Å².